The van der Waals surface area contributed by atoms with Gasteiger partial charge in [0.25, 0.3) is 10.0 Å². The Morgan fingerprint density at radius 3 is 2.12 bits per heavy atom. The van der Waals surface area contributed by atoms with Gasteiger partial charge in [-0.05, 0) is 80.1 Å². The number of rotatable bonds is 10. The normalized spacial score (nSPS) is 12.0. The molecular formula is C25H27FN2O5S. The molecule has 0 aromatic heterocycles. The van der Waals surface area contributed by atoms with Gasteiger partial charge in [-0.25, -0.2) is 12.8 Å². The zero-order chi connectivity index (χ0) is 24.7. The number of anilines is 1. The predicted molar refractivity (Wildman–Crippen MR) is 128 cm³/mol. The first kappa shape index (κ1) is 25.0. The van der Waals surface area contributed by atoms with Gasteiger partial charge in [-0.15, -0.1) is 0 Å². The quantitative estimate of drug-likeness (QED) is 0.462. The van der Waals surface area contributed by atoms with Crippen LogP contribution < -0.4 is 19.1 Å². The monoisotopic (exact) mass is 486 g/mol. The van der Waals surface area contributed by atoms with Gasteiger partial charge in [0.1, 0.15) is 23.9 Å². The minimum absolute atomic E-state index is 0.0173. The lowest BCUT2D eigenvalue weighted by atomic mass is 10.1. The van der Waals surface area contributed by atoms with Crippen molar-refractivity contribution >= 4 is 21.6 Å². The van der Waals surface area contributed by atoms with Crippen molar-refractivity contribution < 1.29 is 27.1 Å². The van der Waals surface area contributed by atoms with E-state index in [0.29, 0.717) is 18.1 Å². The predicted octanol–water partition coefficient (Wildman–Crippen LogP) is 4.31. The summed E-state index contributed by atoms with van der Waals surface area (Å²) in [5, 5.41) is 2.81. The molecule has 0 bridgehead atoms. The molecule has 0 aliphatic carbocycles. The molecule has 0 aliphatic rings. The van der Waals surface area contributed by atoms with Crippen LogP contribution in [-0.4, -0.2) is 34.6 Å². The number of carbonyl (C=O) groups is 1. The Kier molecular flexibility index (Phi) is 8.12. The van der Waals surface area contributed by atoms with Crippen LogP contribution in [0.3, 0.4) is 0 Å². The molecule has 0 saturated carbocycles. The number of hydrogen-bond acceptors (Lipinski definition) is 5. The number of carbonyl (C=O) groups excluding carboxylic acids is 1. The maximum atomic E-state index is 13.5. The Balaban J connectivity index is 1.85. The molecular weight excluding hydrogens is 459 g/mol. The number of nitrogens with one attached hydrogen (secondary N) is 1. The van der Waals surface area contributed by atoms with E-state index in [1.165, 1.54) is 24.3 Å². The van der Waals surface area contributed by atoms with Gasteiger partial charge < -0.3 is 14.8 Å². The van der Waals surface area contributed by atoms with Gasteiger partial charge in [0.15, 0.2) is 0 Å². The molecule has 0 aliphatic heterocycles. The summed E-state index contributed by atoms with van der Waals surface area (Å²) < 4.78 is 51.9. The van der Waals surface area contributed by atoms with Gasteiger partial charge in [-0.1, -0.05) is 12.1 Å². The molecule has 3 aromatic carbocycles. The Hall–Kier alpha value is -3.59. The lowest BCUT2D eigenvalue weighted by Crippen LogP contribution is -2.41. The van der Waals surface area contributed by atoms with Crippen molar-refractivity contribution in [2.24, 2.45) is 0 Å². The highest BCUT2D eigenvalue weighted by molar-refractivity contribution is 7.92. The molecule has 0 spiro atoms. The van der Waals surface area contributed by atoms with Crippen LogP contribution in [0.15, 0.2) is 77.7 Å². The van der Waals surface area contributed by atoms with Gasteiger partial charge in [0.2, 0.25) is 5.91 Å². The number of nitrogens with zero attached hydrogens (tertiary/aromatic N) is 1. The summed E-state index contributed by atoms with van der Waals surface area (Å²) in [5.41, 5.74) is 0.999. The zero-order valence-corrected chi connectivity index (χ0v) is 20.0. The average molecular weight is 487 g/mol. The van der Waals surface area contributed by atoms with Gasteiger partial charge in [0.05, 0.1) is 30.3 Å². The fourth-order valence-electron chi connectivity index (χ4n) is 3.32. The van der Waals surface area contributed by atoms with Crippen LogP contribution in [0.4, 0.5) is 10.1 Å². The highest BCUT2D eigenvalue weighted by Gasteiger charge is 2.28. The number of benzene rings is 3. The Morgan fingerprint density at radius 2 is 1.56 bits per heavy atom. The van der Waals surface area contributed by atoms with E-state index in [1.807, 2.05) is 19.1 Å². The largest absolute Gasteiger partial charge is 0.497 e. The van der Waals surface area contributed by atoms with Crippen LogP contribution in [0, 0.1) is 5.82 Å². The fourth-order valence-corrected chi connectivity index (χ4v) is 4.74. The molecule has 0 fully saturated rings. The van der Waals surface area contributed by atoms with Crippen molar-refractivity contribution in [1.82, 2.24) is 5.32 Å². The molecule has 180 valence electrons. The van der Waals surface area contributed by atoms with E-state index in [9.17, 15) is 17.6 Å². The smallest absolute Gasteiger partial charge is 0.264 e. The third-order valence-electron chi connectivity index (χ3n) is 5.12. The summed E-state index contributed by atoms with van der Waals surface area (Å²) in [6.45, 7) is 3.58. The number of methoxy groups -OCH3 is 1. The topological polar surface area (TPSA) is 84.9 Å². The number of halogens is 1. The second-order valence-electron chi connectivity index (χ2n) is 7.45. The van der Waals surface area contributed by atoms with E-state index in [2.05, 4.69) is 5.32 Å². The van der Waals surface area contributed by atoms with E-state index < -0.39 is 28.3 Å². The Labute approximate surface area is 199 Å². The molecule has 0 saturated heterocycles. The summed E-state index contributed by atoms with van der Waals surface area (Å²) in [6, 6.07) is 17.7. The van der Waals surface area contributed by atoms with Gasteiger partial charge in [0, 0.05) is 0 Å². The molecule has 1 unspecified atom stereocenters. The van der Waals surface area contributed by atoms with Crippen LogP contribution in [0.2, 0.25) is 0 Å². The first-order chi connectivity index (χ1) is 16.2. The first-order valence-corrected chi connectivity index (χ1v) is 12.1. The minimum Gasteiger partial charge on any atom is -0.497 e. The fraction of sp³-hybridized carbons (Fsp3) is 0.240. The van der Waals surface area contributed by atoms with E-state index in [1.54, 1.807) is 38.3 Å². The zero-order valence-electron chi connectivity index (χ0n) is 19.2. The standard InChI is InChI=1S/C25H27FN2O5S/c1-4-33-23-13-15-24(16-14-23)34(30,31)28(21-9-7-20(26)8-10-21)17-25(29)27-18(2)19-5-11-22(32-3)12-6-19/h5-16,18H,4,17H2,1-3H3,(H,27,29). The maximum absolute atomic E-state index is 13.5. The molecule has 1 N–H and O–H groups in total. The second-order valence-corrected chi connectivity index (χ2v) is 9.32. The van der Waals surface area contributed by atoms with E-state index in [-0.39, 0.29) is 16.6 Å². The molecule has 34 heavy (non-hydrogen) atoms. The number of sulfonamides is 1. The molecule has 1 atom stereocenters. The van der Waals surface area contributed by atoms with Crippen molar-refractivity contribution in [1.29, 1.82) is 0 Å². The third-order valence-corrected chi connectivity index (χ3v) is 6.91. The first-order valence-electron chi connectivity index (χ1n) is 10.7. The molecule has 7 nitrogen and oxygen atoms in total. The summed E-state index contributed by atoms with van der Waals surface area (Å²) in [6.07, 6.45) is 0. The molecule has 0 heterocycles. The molecule has 1 amide bonds. The van der Waals surface area contributed by atoms with Crippen LogP contribution in [0.1, 0.15) is 25.5 Å². The van der Waals surface area contributed by atoms with Crippen molar-refractivity contribution in [2.75, 3.05) is 24.6 Å². The van der Waals surface area contributed by atoms with Crippen LogP contribution in [0.5, 0.6) is 11.5 Å². The van der Waals surface area contributed by atoms with Crippen LogP contribution in [-0.2, 0) is 14.8 Å². The summed E-state index contributed by atoms with van der Waals surface area (Å²) in [7, 11) is -2.56. The highest BCUT2D eigenvalue weighted by Crippen LogP contribution is 2.26. The van der Waals surface area contributed by atoms with Crippen molar-refractivity contribution in [2.45, 2.75) is 24.8 Å². The molecule has 9 heteroatoms. The molecule has 3 aromatic rings. The second kappa shape index (κ2) is 11.0. The van der Waals surface area contributed by atoms with Gasteiger partial charge in [-0.2, -0.15) is 0 Å². The van der Waals surface area contributed by atoms with Crippen LogP contribution in [0.25, 0.3) is 0 Å². The summed E-state index contributed by atoms with van der Waals surface area (Å²) in [5.74, 6) is 0.189. The Morgan fingerprint density at radius 1 is 0.971 bits per heavy atom. The highest BCUT2D eigenvalue weighted by atomic mass is 32.2. The number of amides is 1. The lowest BCUT2D eigenvalue weighted by Gasteiger charge is -2.25. The minimum atomic E-state index is -4.13. The van der Waals surface area contributed by atoms with Crippen molar-refractivity contribution in [3.63, 3.8) is 0 Å². The van der Waals surface area contributed by atoms with E-state index >= 15 is 0 Å². The van der Waals surface area contributed by atoms with Crippen molar-refractivity contribution in [3.05, 3.63) is 84.2 Å². The number of hydrogen-bond donors (Lipinski definition) is 1. The summed E-state index contributed by atoms with van der Waals surface area (Å²) in [4.78, 5) is 12.9. The lowest BCUT2D eigenvalue weighted by molar-refractivity contribution is -0.120. The number of ether oxygens (including phenoxy) is 2. The van der Waals surface area contributed by atoms with Crippen molar-refractivity contribution in [3.8, 4) is 11.5 Å². The molecule has 0 radical (unpaired) electrons. The summed E-state index contributed by atoms with van der Waals surface area (Å²) >= 11 is 0. The molecule has 3 rings (SSSR count). The van der Waals surface area contributed by atoms with Crippen LogP contribution >= 0.6 is 0 Å². The van der Waals surface area contributed by atoms with Gasteiger partial charge in [-0.3, -0.25) is 9.10 Å². The van der Waals surface area contributed by atoms with E-state index in [4.69, 9.17) is 9.47 Å². The maximum Gasteiger partial charge on any atom is 0.264 e. The Bertz CT molecular complexity index is 1200. The van der Waals surface area contributed by atoms with E-state index in [0.717, 1.165) is 22.0 Å². The average Bonchev–Trinajstić information content (AvgIpc) is 2.83. The third kappa shape index (κ3) is 6.05. The SMILES string of the molecule is CCOc1ccc(S(=O)(=O)N(CC(=O)NC(C)c2ccc(OC)cc2)c2ccc(F)cc2)cc1. The van der Waals surface area contributed by atoms with Gasteiger partial charge >= 0.3 is 0 Å².